The first-order valence-electron chi connectivity index (χ1n) is 8.42. The predicted molar refractivity (Wildman–Crippen MR) is 89.3 cm³/mol. The van der Waals surface area contributed by atoms with E-state index in [-0.39, 0.29) is 17.9 Å². The van der Waals surface area contributed by atoms with Gasteiger partial charge in [-0.15, -0.1) is 0 Å². The lowest BCUT2D eigenvalue weighted by atomic mass is 10.0. The van der Waals surface area contributed by atoms with Crippen LogP contribution in [0.5, 0.6) is 0 Å². The summed E-state index contributed by atoms with van der Waals surface area (Å²) in [6.07, 6.45) is 1.77. The first kappa shape index (κ1) is 17.2. The largest absolute Gasteiger partial charge is 0.343 e. The van der Waals surface area contributed by atoms with Gasteiger partial charge in [0.2, 0.25) is 11.8 Å². The second kappa shape index (κ2) is 7.08. The molecule has 2 aliphatic rings. The molecule has 2 fully saturated rings. The van der Waals surface area contributed by atoms with Crippen molar-refractivity contribution in [3.63, 3.8) is 0 Å². The Morgan fingerprint density at radius 3 is 2.92 bits per heavy atom. The molecule has 0 radical (unpaired) electrons. The molecule has 134 valence electrons. The third kappa shape index (κ3) is 3.72. The monoisotopic (exact) mass is 348 g/mol. The van der Waals surface area contributed by atoms with Crippen molar-refractivity contribution < 1.29 is 18.8 Å². The van der Waals surface area contributed by atoms with Gasteiger partial charge in [-0.25, -0.2) is 9.18 Å². The number of amides is 4. The van der Waals surface area contributed by atoms with Crippen LogP contribution in [0.1, 0.15) is 26.2 Å². The molecule has 0 saturated carbocycles. The summed E-state index contributed by atoms with van der Waals surface area (Å²) in [5.41, 5.74) is 0.338. The van der Waals surface area contributed by atoms with Crippen molar-refractivity contribution in [2.75, 3.05) is 11.9 Å². The van der Waals surface area contributed by atoms with Gasteiger partial charge in [0.25, 0.3) is 0 Å². The molecule has 3 N–H and O–H groups in total. The van der Waals surface area contributed by atoms with Crippen LogP contribution < -0.4 is 16.0 Å². The van der Waals surface area contributed by atoms with Crippen LogP contribution in [0.3, 0.4) is 0 Å². The fraction of sp³-hybridized carbons (Fsp3) is 0.471. The Morgan fingerprint density at radius 1 is 1.40 bits per heavy atom. The van der Waals surface area contributed by atoms with Crippen LogP contribution in [0, 0.1) is 5.82 Å². The molecule has 8 heteroatoms. The van der Waals surface area contributed by atoms with E-state index in [1.807, 2.05) is 6.92 Å². The minimum absolute atomic E-state index is 0.0960. The molecular weight excluding hydrogens is 327 g/mol. The molecule has 2 heterocycles. The highest BCUT2D eigenvalue weighted by Crippen LogP contribution is 2.24. The van der Waals surface area contributed by atoms with Crippen molar-refractivity contribution in [3.05, 3.63) is 30.1 Å². The van der Waals surface area contributed by atoms with Gasteiger partial charge in [0, 0.05) is 12.2 Å². The van der Waals surface area contributed by atoms with E-state index in [1.165, 1.54) is 18.2 Å². The average Bonchev–Trinajstić information content (AvgIpc) is 2.97. The highest BCUT2D eigenvalue weighted by molar-refractivity contribution is 5.98. The van der Waals surface area contributed by atoms with Crippen LogP contribution in [0.25, 0.3) is 0 Å². The number of nitrogens with one attached hydrogen (secondary N) is 3. The predicted octanol–water partition coefficient (Wildman–Crippen LogP) is 1.22. The fourth-order valence-corrected chi connectivity index (χ4v) is 3.37. The van der Waals surface area contributed by atoms with Gasteiger partial charge in [-0.05, 0) is 31.0 Å². The Bertz CT molecular complexity index is 696. The van der Waals surface area contributed by atoms with Crippen LogP contribution in [-0.2, 0) is 9.59 Å². The van der Waals surface area contributed by atoms with Crippen LogP contribution in [0.4, 0.5) is 14.9 Å². The van der Waals surface area contributed by atoms with Gasteiger partial charge >= 0.3 is 6.03 Å². The van der Waals surface area contributed by atoms with E-state index in [0.29, 0.717) is 25.1 Å². The Labute approximate surface area is 144 Å². The minimum atomic E-state index is -0.542. The number of piperazine rings is 1. The van der Waals surface area contributed by atoms with Crippen molar-refractivity contribution >= 4 is 23.5 Å². The Hall–Kier alpha value is -2.64. The van der Waals surface area contributed by atoms with E-state index in [1.54, 1.807) is 11.0 Å². The van der Waals surface area contributed by atoms with Gasteiger partial charge in [-0.1, -0.05) is 19.4 Å². The molecule has 0 bridgehead atoms. The standard InChI is InChI=1S/C17H21FN4O3/c1-2-4-13-16(24)22-9-12(8-14(22)15(23)21-13)20-17(25)19-11-6-3-5-10(18)7-11/h3,5-7,12-14H,2,4,8-9H2,1H3,(H,21,23)(H2,19,20,25)/t12-,13-,14-/m0/s1. The number of fused-ring (bicyclic) bond motifs is 1. The molecular formula is C17H21FN4O3. The van der Waals surface area contributed by atoms with Crippen molar-refractivity contribution in [2.45, 2.75) is 44.3 Å². The normalized spacial score (nSPS) is 25.4. The maximum atomic E-state index is 13.1. The number of carbonyl (C=O) groups is 3. The number of nitrogens with zero attached hydrogens (tertiary/aromatic N) is 1. The van der Waals surface area contributed by atoms with Gasteiger partial charge in [-0.2, -0.15) is 0 Å². The third-order valence-corrected chi connectivity index (χ3v) is 4.50. The van der Waals surface area contributed by atoms with E-state index in [9.17, 15) is 18.8 Å². The Kier molecular flexibility index (Phi) is 4.87. The molecule has 7 nitrogen and oxygen atoms in total. The van der Waals surface area contributed by atoms with Crippen LogP contribution in [0.2, 0.25) is 0 Å². The lowest BCUT2D eigenvalue weighted by Gasteiger charge is -2.34. The molecule has 0 aromatic heterocycles. The summed E-state index contributed by atoms with van der Waals surface area (Å²) in [5.74, 6) is -0.714. The second-order valence-corrected chi connectivity index (χ2v) is 6.40. The quantitative estimate of drug-likeness (QED) is 0.764. The maximum absolute atomic E-state index is 13.1. The van der Waals surface area contributed by atoms with Crippen molar-refractivity contribution in [2.24, 2.45) is 0 Å². The minimum Gasteiger partial charge on any atom is -0.343 e. The summed E-state index contributed by atoms with van der Waals surface area (Å²) in [6, 6.07) is 3.74. The number of halogens is 1. The zero-order valence-corrected chi connectivity index (χ0v) is 13.9. The molecule has 1 aromatic rings. The highest BCUT2D eigenvalue weighted by Gasteiger charge is 2.46. The zero-order valence-electron chi connectivity index (χ0n) is 13.9. The first-order chi connectivity index (χ1) is 12.0. The van der Waals surface area contributed by atoms with E-state index < -0.39 is 23.9 Å². The van der Waals surface area contributed by atoms with Gasteiger partial charge in [0.05, 0.1) is 6.04 Å². The van der Waals surface area contributed by atoms with Crippen molar-refractivity contribution in [3.8, 4) is 0 Å². The summed E-state index contributed by atoms with van der Waals surface area (Å²) >= 11 is 0. The molecule has 25 heavy (non-hydrogen) atoms. The molecule has 3 atom stereocenters. The molecule has 0 unspecified atom stereocenters. The van der Waals surface area contributed by atoms with Gasteiger partial charge in [-0.3, -0.25) is 9.59 Å². The number of anilines is 1. The Morgan fingerprint density at radius 2 is 2.20 bits per heavy atom. The van der Waals surface area contributed by atoms with Crippen LogP contribution in [-0.4, -0.2) is 47.4 Å². The SMILES string of the molecule is CCC[C@@H]1NC(=O)[C@@H]2C[C@H](NC(=O)Nc3cccc(F)c3)CN2C1=O. The fourth-order valence-electron chi connectivity index (χ4n) is 3.37. The summed E-state index contributed by atoms with van der Waals surface area (Å²) in [4.78, 5) is 38.2. The average molecular weight is 348 g/mol. The summed E-state index contributed by atoms with van der Waals surface area (Å²) in [6.45, 7) is 2.25. The van der Waals surface area contributed by atoms with E-state index in [0.717, 1.165) is 6.42 Å². The number of hydrogen-bond donors (Lipinski definition) is 3. The lowest BCUT2D eigenvalue weighted by Crippen LogP contribution is -2.61. The van der Waals surface area contributed by atoms with E-state index in [2.05, 4.69) is 16.0 Å². The number of benzene rings is 1. The first-order valence-corrected chi connectivity index (χ1v) is 8.42. The topological polar surface area (TPSA) is 90.5 Å². The van der Waals surface area contributed by atoms with Gasteiger partial charge in [0.15, 0.2) is 0 Å². The molecule has 3 rings (SSSR count). The molecule has 0 spiro atoms. The molecule has 2 saturated heterocycles. The van der Waals surface area contributed by atoms with Crippen LogP contribution >= 0.6 is 0 Å². The van der Waals surface area contributed by atoms with Gasteiger partial charge < -0.3 is 20.9 Å². The molecule has 1 aromatic carbocycles. The summed E-state index contributed by atoms with van der Waals surface area (Å²) < 4.78 is 13.1. The Balaban J connectivity index is 1.59. The van der Waals surface area contributed by atoms with Gasteiger partial charge in [0.1, 0.15) is 17.9 Å². The van der Waals surface area contributed by atoms with E-state index >= 15 is 0 Å². The molecule has 0 aliphatic carbocycles. The summed E-state index contributed by atoms with van der Waals surface area (Å²) in [7, 11) is 0. The molecule has 2 aliphatic heterocycles. The number of hydrogen-bond acceptors (Lipinski definition) is 3. The maximum Gasteiger partial charge on any atom is 0.319 e. The van der Waals surface area contributed by atoms with Crippen molar-refractivity contribution in [1.82, 2.24) is 15.5 Å². The number of urea groups is 1. The second-order valence-electron chi connectivity index (χ2n) is 6.40. The number of carbonyl (C=O) groups excluding carboxylic acids is 3. The lowest BCUT2D eigenvalue weighted by molar-refractivity contribution is -0.147. The van der Waals surface area contributed by atoms with Crippen LogP contribution in [0.15, 0.2) is 24.3 Å². The third-order valence-electron chi connectivity index (χ3n) is 4.50. The summed E-state index contributed by atoms with van der Waals surface area (Å²) in [5, 5.41) is 8.05. The smallest absolute Gasteiger partial charge is 0.319 e. The van der Waals surface area contributed by atoms with E-state index in [4.69, 9.17) is 0 Å². The highest BCUT2D eigenvalue weighted by atomic mass is 19.1. The molecule has 4 amide bonds. The zero-order chi connectivity index (χ0) is 18.0. The van der Waals surface area contributed by atoms with Crippen molar-refractivity contribution in [1.29, 1.82) is 0 Å². The number of rotatable bonds is 4.